The van der Waals surface area contributed by atoms with Gasteiger partial charge in [-0.2, -0.15) is 0 Å². The van der Waals surface area contributed by atoms with Crippen LogP contribution in [0.2, 0.25) is 5.02 Å². The number of hydrogen-bond acceptors (Lipinski definition) is 2. The molecule has 16 heavy (non-hydrogen) atoms. The van der Waals surface area contributed by atoms with Gasteiger partial charge >= 0.3 is 0 Å². The van der Waals surface area contributed by atoms with Crippen LogP contribution < -0.4 is 10.6 Å². The first-order chi connectivity index (χ1) is 7.59. The number of nitrogens with one attached hydrogen (secondary N) is 2. The van der Waals surface area contributed by atoms with Crippen molar-refractivity contribution in [3.05, 3.63) is 34.6 Å². The Labute approximate surface area is 100 Å². The van der Waals surface area contributed by atoms with Crippen molar-refractivity contribution in [2.45, 2.75) is 25.4 Å². The normalized spacial score (nSPS) is 24.9. The standard InChI is InChI=1S/C12H16ClFN2/c1-12(4-5-15-8-12)16-7-9-2-3-11(14)10(13)6-9/h2-3,6,15-16H,4-5,7-8H2,1H3. The molecule has 0 bridgehead atoms. The van der Waals surface area contributed by atoms with Gasteiger partial charge in [0.2, 0.25) is 0 Å². The molecule has 0 aromatic heterocycles. The van der Waals surface area contributed by atoms with E-state index in [9.17, 15) is 4.39 Å². The maximum absolute atomic E-state index is 13.0. The molecule has 0 spiro atoms. The maximum Gasteiger partial charge on any atom is 0.141 e. The second-order valence-electron chi connectivity index (χ2n) is 4.59. The molecule has 1 heterocycles. The van der Waals surface area contributed by atoms with E-state index in [2.05, 4.69) is 17.6 Å². The van der Waals surface area contributed by atoms with Crippen molar-refractivity contribution in [1.29, 1.82) is 0 Å². The van der Waals surface area contributed by atoms with Crippen molar-refractivity contribution >= 4 is 11.6 Å². The summed E-state index contributed by atoms with van der Waals surface area (Å²) in [5.74, 6) is -0.362. The molecular weight excluding hydrogens is 227 g/mol. The molecule has 1 aromatic rings. The summed E-state index contributed by atoms with van der Waals surface area (Å²) in [5, 5.41) is 6.99. The fourth-order valence-electron chi connectivity index (χ4n) is 1.93. The first-order valence-electron chi connectivity index (χ1n) is 5.49. The second-order valence-corrected chi connectivity index (χ2v) is 5.00. The zero-order valence-electron chi connectivity index (χ0n) is 9.32. The Kier molecular flexibility index (Phi) is 3.47. The van der Waals surface area contributed by atoms with Gasteiger partial charge < -0.3 is 10.6 Å². The summed E-state index contributed by atoms with van der Waals surface area (Å²) >= 11 is 5.73. The SMILES string of the molecule is CC1(NCc2ccc(F)c(Cl)c2)CCNC1. The Morgan fingerprint density at radius 3 is 3.00 bits per heavy atom. The first-order valence-corrected chi connectivity index (χ1v) is 5.87. The lowest BCUT2D eigenvalue weighted by Gasteiger charge is -2.24. The Balaban J connectivity index is 1.96. The monoisotopic (exact) mass is 242 g/mol. The predicted molar refractivity (Wildman–Crippen MR) is 64.1 cm³/mol. The quantitative estimate of drug-likeness (QED) is 0.850. The lowest BCUT2D eigenvalue weighted by molar-refractivity contribution is 0.385. The van der Waals surface area contributed by atoms with E-state index in [1.165, 1.54) is 6.07 Å². The van der Waals surface area contributed by atoms with Crippen LogP contribution in [0.15, 0.2) is 18.2 Å². The lowest BCUT2D eigenvalue weighted by Crippen LogP contribution is -2.43. The predicted octanol–water partition coefficient (Wildman–Crippen LogP) is 2.32. The van der Waals surface area contributed by atoms with Gasteiger partial charge in [0, 0.05) is 18.6 Å². The summed E-state index contributed by atoms with van der Waals surface area (Å²) in [5.41, 5.74) is 1.15. The van der Waals surface area contributed by atoms with Crippen molar-refractivity contribution in [2.24, 2.45) is 0 Å². The number of rotatable bonds is 3. The molecule has 2 N–H and O–H groups in total. The minimum atomic E-state index is -0.362. The fraction of sp³-hybridized carbons (Fsp3) is 0.500. The van der Waals surface area contributed by atoms with Gasteiger partial charge in [-0.1, -0.05) is 17.7 Å². The highest BCUT2D eigenvalue weighted by Crippen LogP contribution is 2.18. The smallest absolute Gasteiger partial charge is 0.141 e. The molecule has 1 aliphatic heterocycles. The van der Waals surface area contributed by atoms with Crippen LogP contribution in [0.1, 0.15) is 18.9 Å². The summed E-state index contributed by atoms with van der Waals surface area (Å²) in [6, 6.07) is 4.85. The Hall–Kier alpha value is -0.640. The summed E-state index contributed by atoms with van der Waals surface area (Å²) < 4.78 is 13.0. The summed E-state index contributed by atoms with van der Waals surface area (Å²) in [6.45, 7) is 4.94. The van der Waals surface area contributed by atoms with Crippen LogP contribution in [-0.2, 0) is 6.54 Å². The molecule has 1 aromatic carbocycles. The van der Waals surface area contributed by atoms with Gasteiger partial charge in [-0.15, -0.1) is 0 Å². The summed E-state index contributed by atoms with van der Waals surface area (Å²) in [7, 11) is 0. The molecule has 0 radical (unpaired) electrons. The molecule has 2 rings (SSSR count). The summed E-state index contributed by atoms with van der Waals surface area (Å²) in [6.07, 6.45) is 1.11. The van der Waals surface area contributed by atoms with Gasteiger partial charge in [0.1, 0.15) is 5.82 Å². The molecule has 0 amide bonds. The molecule has 0 saturated carbocycles. The zero-order valence-corrected chi connectivity index (χ0v) is 10.1. The Bertz CT molecular complexity index is 375. The van der Waals surface area contributed by atoms with Crippen molar-refractivity contribution in [2.75, 3.05) is 13.1 Å². The highest BCUT2D eigenvalue weighted by Gasteiger charge is 2.27. The number of halogens is 2. The molecule has 1 atom stereocenters. The van der Waals surface area contributed by atoms with E-state index in [0.717, 1.165) is 31.6 Å². The van der Waals surface area contributed by atoms with E-state index in [0.29, 0.717) is 0 Å². The molecule has 1 aliphatic rings. The van der Waals surface area contributed by atoms with Gasteiger partial charge in [-0.05, 0) is 37.6 Å². The molecule has 0 aliphatic carbocycles. The molecule has 4 heteroatoms. The van der Waals surface area contributed by atoms with E-state index >= 15 is 0 Å². The first kappa shape index (κ1) is 11.8. The van der Waals surface area contributed by atoms with Gasteiger partial charge in [-0.25, -0.2) is 4.39 Å². The third kappa shape index (κ3) is 2.73. The van der Waals surface area contributed by atoms with E-state index in [1.807, 2.05) is 0 Å². The highest BCUT2D eigenvalue weighted by atomic mass is 35.5. The van der Waals surface area contributed by atoms with Gasteiger partial charge in [0.25, 0.3) is 0 Å². The van der Waals surface area contributed by atoms with Crippen LogP contribution in [-0.4, -0.2) is 18.6 Å². The van der Waals surface area contributed by atoms with Crippen LogP contribution in [0, 0.1) is 5.82 Å². The molecule has 2 nitrogen and oxygen atoms in total. The zero-order chi connectivity index (χ0) is 11.6. The molecule has 1 saturated heterocycles. The van der Waals surface area contributed by atoms with Crippen LogP contribution in [0.3, 0.4) is 0 Å². The lowest BCUT2D eigenvalue weighted by atomic mass is 10.0. The highest BCUT2D eigenvalue weighted by molar-refractivity contribution is 6.30. The summed E-state index contributed by atoms with van der Waals surface area (Å²) in [4.78, 5) is 0. The van der Waals surface area contributed by atoms with Crippen molar-refractivity contribution in [3.63, 3.8) is 0 Å². The number of benzene rings is 1. The minimum Gasteiger partial charge on any atom is -0.315 e. The van der Waals surface area contributed by atoms with Gasteiger partial charge in [0.15, 0.2) is 0 Å². The topological polar surface area (TPSA) is 24.1 Å². The van der Waals surface area contributed by atoms with E-state index < -0.39 is 0 Å². The van der Waals surface area contributed by atoms with Crippen molar-refractivity contribution in [3.8, 4) is 0 Å². The molecule has 88 valence electrons. The van der Waals surface area contributed by atoms with Crippen LogP contribution in [0.25, 0.3) is 0 Å². The van der Waals surface area contributed by atoms with E-state index in [1.54, 1.807) is 12.1 Å². The Morgan fingerprint density at radius 2 is 2.38 bits per heavy atom. The minimum absolute atomic E-state index is 0.140. The van der Waals surface area contributed by atoms with Crippen molar-refractivity contribution < 1.29 is 4.39 Å². The Morgan fingerprint density at radius 1 is 1.56 bits per heavy atom. The molecule has 1 unspecified atom stereocenters. The largest absolute Gasteiger partial charge is 0.315 e. The molecule has 1 fully saturated rings. The van der Waals surface area contributed by atoms with Crippen LogP contribution in [0.5, 0.6) is 0 Å². The van der Waals surface area contributed by atoms with Gasteiger partial charge in [-0.3, -0.25) is 0 Å². The fourth-order valence-corrected chi connectivity index (χ4v) is 2.14. The second kappa shape index (κ2) is 4.70. The average Bonchev–Trinajstić information content (AvgIpc) is 2.68. The third-order valence-electron chi connectivity index (χ3n) is 3.07. The van der Waals surface area contributed by atoms with E-state index in [4.69, 9.17) is 11.6 Å². The number of hydrogen-bond donors (Lipinski definition) is 2. The molecular formula is C12H16ClFN2. The maximum atomic E-state index is 13.0. The van der Waals surface area contributed by atoms with Crippen molar-refractivity contribution in [1.82, 2.24) is 10.6 Å². The average molecular weight is 243 g/mol. The third-order valence-corrected chi connectivity index (χ3v) is 3.36. The van der Waals surface area contributed by atoms with E-state index in [-0.39, 0.29) is 16.4 Å². The van der Waals surface area contributed by atoms with Crippen LogP contribution >= 0.6 is 11.6 Å². The van der Waals surface area contributed by atoms with Crippen LogP contribution in [0.4, 0.5) is 4.39 Å². The van der Waals surface area contributed by atoms with Gasteiger partial charge in [0.05, 0.1) is 5.02 Å².